The molecular weight excluding hydrogens is 538 g/mol. The van der Waals surface area contributed by atoms with Gasteiger partial charge in [0.05, 0.1) is 11.7 Å². The highest BCUT2D eigenvalue weighted by molar-refractivity contribution is 5.84. The van der Waals surface area contributed by atoms with Crippen molar-refractivity contribution in [1.82, 2.24) is 24.8 Å². The van der Waals surface area contributed by atoms with E-state index in [0.717, 1.165) is 66.6 Å². The zero-order valence-electron chi connectivity index (χ0n) is 26.2. The number of likely N-dealkylation sites (tertiary alicyclic amines) is 1. The van der Waals surface area contributed by atoms with Gasteiger partial charge < -0.3 is 19.7 Å². The van der Waals surface area contributed by atoms with Gasteiger partial charge in [0.25, 0.3) is 0 Å². The molecule has 2 N–H and O–H groups in total. The molecule has 0 aliphatic carbocycles. The third kappa shape index (κ3) is 6.17. The number of amides is 1. The van der Waals surface area contributed by atoms with Gasteiger partial charge in [0, 0.05) is 55.7 Å². The zero-order chi connectivity index (χ0) is 30.5. The average Bonchev–Trinajstić information content (AvgIpc) is 3.58. The summed E-state index contributed by atoms with van der Waals surface area (Å²) in [6.45, 7) is 14.6. The Balaban J connectivity index is 1.38. The molecular formula is C35H43N5O3. The number of nitrogens with one attached hydrogen (secondary N) is 1. The first kappa shape index (κ1) is 29.3. The van der Waals surface area contributed by atoms with Crippen LogP contribution in [0, 0.1) is 6.92 Å². The number of nitrogens with zero attached hydrogens (tertiary/aromatic N) is 4. The Hall–Kier alpha value is -3.75. The van der Waals surface area contributed by atoms with Crippen molar-refractivity contribution in [1.29, 1.82) is 0 Å². The number of carbonyl (C=O) groups excluding carboxylic acids is 1. The van der Waals surface area contributed by atoms with Crippen molar-refractivity contribution < 1.29 is 14.6 Å². The first-order valence-corrected chi connectivity index (χ1v) is 15.4. The summed E-state index contributed by atoms with van der Waals surface area (Å²) in [6, 6.07) is 10.8. The Morgan fingerprint density at radius 3 is 2.67 bits per heavy atom. The Bertz CT molecular complexity index is 1660. The van der Waals surface area contributed by atoms with Crippen LogP contribution in [0.1, 0.15) is 87.0 Å². The lowest BCUT2D eigenvalue weighted by Crippen LogP contribution is -2.37. The van der Waals surface area contributed by atoms with Gasteiger partial charge in [-0.2, -0.15) is 0 Å². The molecule has 0 saturated carbocycles. The molecule has 0 radical (unpaired) electrons. The smallest absolute Gasteiger partial charge is 0.410 e. The molecule has 43 heavy (non-hydrogen) atoms. The molecule has 0 bridgehead atoms. The van der Waals surface area contributed by atoms with E-state index >= 15 is 0 Å². The minimum atomic E-state index is -0.988. The molecule has 8 nitrogen and oxygen atoms in total. The van der Waals surface area contributed by atoms with E-state index in [2.05, 4.69) is 40.0 Å². The maximum absolute atomic E-state index is 13.4. The molecule has 1 saturated heterocycles. The molecule has 4 aromatic rings. The number of fused-ring (bicyclic) bond motifs is 2. The van der Waals surface area contributed by atoms with Gasteiger partial charge in [0.15, 0.2) is 0 Å². The quantitative estimate of drug-likeness (QED) is 0.270. The highest BCUT2D eigenvalue weighted by Gasteiger charge is 2.36. The van der Waals surface area contributed by atoms with Crippen LogP contribution < -0.4 is 0 Å². The van der Waals surface area contributed by atoms with Gasteiger partial charge in [-0.15, -0.1) is 0 Å². The lowest BCUT2D eigenvalue weighted by molar-refractivity contribution is 0.0223. The van der Waals surface area contributed by atoms with Crippen molar-refractivity contribution in [3.05, 3.63) is 82.4 Å². The predicted molar refractivity (Wildman–Crippen MR) is 168 cm³/mol. The van der Waals surface area contributed by atoms with E-state index in [1.807, 2.05) is 50.2 Å². The highest BCUT2D eigenvalue weighted by Crippen LogP contribution is 2.40. The Kier molecular flexibility index (Phi) is 7.55. The van der Waals surface area contributed by atoms with Gasteiger partial charge in [-0.25, -0.2) is 9.78 Å². The summed E-state index contributed by atoms with van der Waals surface area (Å²) in [5.41, 5.74) is 8.40. The fraction of sp³-hybridized carbons (Fsp3) is 0.457. The van der Waals surface area contributed by atoms with Crippen molar-refractivity contribution in [2.45, 2.75) is 91.1 Å². The van der Waals surface area contributed by atoms with Gasteiger partial charge in [-0.05, 0) is 118 Å². The number of benzene rings is 1. The van der Waals surface area contributed by atoms with Crippen LogP contribution in [-0.4, -0.2) is 54.6 Å². The second-order valence-corrected chi connectivity index (χ2v) is 13.7. The van der Waals surface area contributed by atoms with Crippen LogP contribution in [-0.2, 0) is 29.8 Å². The second kappa shape index (κ2) is 11.1. The predicted octanol–water partition coefficient (Wildman–Crippen LogP) is 6.79. The Morgan fingerprint density at radius 1 is 1.09 bits per heavy atom. The van der Waals surface area contributed by atoms with Crippen molar-refractivity contribution in [2.75, 3.05) is 13.1 Å². The minimum Gasteiger partial charge on any atom is -0.444 e. The minimum absolute atomic E-state index is 0.0445. The number of ether oxygens (including phenoxy) is 1. The van der Waals surface area contributed by atoms with Crippen LogP contribution in [0.15, 0.2) is 48.9 Å². The normalized spacial score (nSPS) is 17.8. The zero-order valence-corrected chi connectivity index (χ0v) is 26.2. The molecule has 5 heterocycles. The van der Waals surface area contributed by atoms with Crippen molar-refractivity contribution >= 4 is 17.1 Å². The molecule has 1 aromatic carbocycles. The summed E-state index contributed by atoms with van der Waals surface area (Å²) in [6.07, 6.45) is 8.25. The average molecular weight is 582 g/mol. The van der Waals surface area contributed by atoms with Crippen LogP contribution in [0.2, 0.25) is 0 Å². The molecule has 226 valence electrons. The molecule has 6 rings (SSSR count). The van der Waals surface area contributed by atoms with Crippen LogP contribution in [0.5, 0.6) is 0 Å². The summed E-state index contributed by atoms with van der Waals surface area (Å²) in [5, 5.41) is 11.6. The molecule has 2 aliphatic rings. The maximum Gasteiger partial charge on any atom is 0.410 e. The number of aromatic amines is 1. The lowest BCUT2D eigenvalue weighted by atomic mass is 9.86. The summed E-state index contributed by atoms with van der Waals surface area (Å²) in [5.74, 6) is 0. The van der Waals surface area contributed by atoms with Gasteiger partial charge in [-0.1, -0.05) is 6.07 Å². The maximum atomic E-state index is 13.4. The van der Waals surface area contributed by atoms with Crippen LogP contribution in [0.4, 0.5) is 4.79 Å². The van der Waals surface area contributed by atoms with E-state index in [9.17, 15) is 9.90 Å². The molecule has 2 aliphatic heterocycles. The number of aromatic nitrogens is 3. The summed E-state index contributed by atoms with van der Waals surface area (Å²) < 4.78 is 5.86. The molecule has 1 fully saturated rings. The van der Waals surface area contributed by atoms with Gasteiger partial charge in [-0.3, -0.25) is 9.88 Å². The number of aliphatic hydroxyl groups is 1. The fourth-order valence-corrected chi connectivity index (χ4v) is 6.44. The fourth-order valence-electron chi connectivity index (χ4n) is 6.44. The number of hydrogen-bond donors (Lipinski definition) is 2. The number of carbonyl (C=O) groups is 1. The Morgan fingerprint density at radius 2 is 1.91 bits per heavy atom. The monoisotopic (exact) mass is 581 g/mol. The third-order valence-electron chi connectivity index (χ3n) is 8.62. The first-order chi connectivity index (χ1) is 20.4. The largest absolute Gasteiger partial charge is 0.444 e. The second-order valence-electron chi connectivity index (χ2n) is 13.7. The van der Waals surface area contributed by atoms with Gasteiger partial charge >= 0.3 is 6.09 Å². The molecule has 0 spiro atoms. The SMILES string of the molecule is Cc1c[nH]c2ncc(-c3cc4c(c([C@@H]5CCCN5C(=O)OC(C)(C)C)c3)CN(Cc3ccnc(C(C)(C)O)c3)CC4)cc12. The van der Waals surface area contributed by atoms with E-state index in [0.29, 0.717) is 12.2 Å². The number of H-pyrrole nitrogens is 1. The van der Waals surface area contributed by atoms with Gasteiger partial charge in [0.2, 0.25) is 0 Å². The van der Waals surface area contributed by atoms with E-state index in [-0.39, 0.29) is 12.1 Å². The topological polar surface area (TPSA) is 94.6 Å². The van der Waals surface area contributed by atoms with E-state index < -0.39 is 11.2 Å². The van der Waals surface area contributed by atoms with Crippen LogP contribution in [0.3, 0.4) is 0 Å². The van der Waals surface area contributed by atoms with E-state index in [1.54, 1.807) is 20.0 Å². The summed E-state index contributed by atoms with van der Waals surface area (Å²) in [7, 11) is 0. The van der Waals surface area contributed by atoms with Gasteiger partial charge in [0.1, 0.15) is 16.8 Å². The van der Waals surface area contributed by atoms with Crippen LogP contribution >= 0.6 is 0 Å². The number of rotatable bonds is 5. The van der Waals surface area contributed by atoms with Crippen molar-refractivity contribution in [3.8, 4) is 11.1 Å². The van der Waals surface area contributed by atoms with Crippen molar-refractivity contribution in [3.63, 3.8) is 0 Å². The molecule has 8 heteroatoms. The summed E-state index contributed by atoms with van der Waals surface area (Å²) >= 11 is 0. The van der Waals surface area contributed by atoms with E-state index in [4.69, 9.17) is 9.72 Å². The molecule has 0 unspecified atom stereocenters. The first-order valence-electron chi connectivity index (χ1n) is 15.4. The third-order valence-corrected chi connectivity index (χ3v) is 8.62. The highest BCUT2D eigenvalue weighted by atomic mass is 16.6. The molecule has 3 aromatic heterocycles. The van der Waals surface area contributed by atoms with E-state index in [1.165, 1.54) is 22.3 Å². The number of aryl methyl sites for hydroxylation is 1. The lowest BCUT2D eigenvalue weighted by Gasteiger charge is -2.35. The standard InChI is InChI=1S/C35H43N5O3/c1-22-18-37-32-27(22)17-26(19-38-32)25-15-24-10-13-39(20-23-9-11-36-31(14-23)35(5,6)42)21-29(24)28(16-25)30-8-7-12-40(30)33(41)43-34(2,3)4/h9,11,14-19,30,42H,7-8,10,12-13,20-21H2,1-6H3,(H,37,38)/t30-/m0/s1. The number of pyridine rings is 2. The molecule has 1 atom stereocenters. The molecule has 1 amide bonds. The van der Waals surface area contributed by atoms with Crippen LogP contribution in [0.25, 0.3) is 22.2 Å². The number of hydrogen-bond acceptors (Lipinski definition) is 6. The Labute approximate surface area is 254 Å². The summed E-state index contributed by atoms with van der Waals surface area (Å²) in [4.78, 5) is 30.1. The van der Waals surface area contributed by atoms with Crippen molar-refractivity contribution in [2.24, 2.45) is 0 Å².